The first kappa shape index (κ1) is 15.7. The number of rotatable bonds is 3. The van der Waals surface area contributed by atoms with Crippen LogP contribution in [-0.2, 0) is 4.74 Å². The Hall–Kier alpha value is -0.160. The van der Waals surface area contributed by atoms with Gasteiger partial charge in [-0.25, -0.2) is 0 Å². The molecule has 4 heteroatoms. The predicted molar refractivity (Wildman–Crippen MR) is 86.5 cm³/mol. The number of nitrogens with zero attached hydrogens (tertiary/aromatic N) is 2. The standard InChI is InChI=1S/C17H33N3O/c1-16(2)13-17(14-18,7-11-21-16)20-10-6-15(12-20)19-8-4-3-5-9-19/h15H,3-14,18H2,1-2H3. The molecular formula is C17H33N3O. The van der Waals surface area contributed by atoms with Crippen LogP contribution in [0, 0.1) is 0 Å². The lowest BCUT2D eigenvalue weighted by Crippen LogP contribution is -2.60. The van der Waals surface area contributed by atoms with Crippen molar-refractivity contribution in [1.29, 1.82) is 0 Å². The first-order chi connectivity index (χ1) is 10.0. The predicted octanol–water partition coefficient (Wildman–Crippen LogP) is 1.83. The maximum absolute atomic E-state index is 6.25. The van der Waals surface area contributed by atoms with Crippen LogP contribution >= 0.6 is 0 Å². The lowest BCUT2D eigenvalue weighted by Gasteiger charge is -2.49. The molecule has 0 amide bonds. The van der Waals surface area contributed by atoms with Crippen molar-refractivity contribution in [3.63, 3.8) is 0 Å². The first-order valence-electron chi connectivity index (χ1n) is 8.88. The van der Waals surface area contributed by atoms with Crippen LogP contribution in [0.15, 0.2) is 0 Å². The smallest absolute Gasteiger partial charge is 0.0644 e. The topological polar surface area (TPSA) is 41.7 Å². The molecule has 4 nitrogen and oxygen atoms in total. The lowest BCUT2D eigenvalue weighted by molar-refractivity contribution is -0.114. The molecule has 3 heterocycles. The normalized spacial score (nSPS) is 38.7. The zero-order chi connectivity index (χ0) is 14.9. The molecule has 3 saturated heterocycles. The highest BCUT2D eigenvalue weighted by molar-refractivity contribution is 5.03. The third-order valence-electron chi connectivity index (χ3n) is 5.94. The third-order valence-corrected chi connectivity index (χ3v) is 5.94. The average Bonchev–Trinajstić information content (AvgIpc) is 2.97. The van der Waals surface area contributed by atoms with Crippen molar-refractivity contribution in [3.05, 3.63) is 0 Å². The second-order valence-electron chi connectivity index (χ2n) is 7.95. The van der Waals surface area contributed by atoms with Crippen LogP contribution in [0.1, 0.15) is 52.4 Å². The highest BCUT2D eigenvalue weighted by Gasteiger charge is 2.46. The Kier molecular flexibility index (Phi) is 4.60. The average molecular weight is 295 g/mol. The monoisotopic (exact) mass is 295 g/mol. The van der Waals surface area contributed by atoms with Gasteiger partial charge < -0.3 is 10.5 Å². The van der Waals surface area contributed by atoms with Crippen molar-refractivity contribution in [2.24, 2.45) is 5.73 Å². The van der Waals surface area contributed by atoms with E-state index in [2.05, 4.69) is 23.6 Å². The molecule has 2 unspecified atom stereocenters. The number of ether oxygens (including phenoxy) is 1. The Morgan fingerprint density at radius 1 is 1.14 bits per heavy atom. The molecule has 0 aromatic carbocycles. The molecule has 0 spiro atoms. The van der Waals surface area contributed by atoms with Crippen LogP contribution in [0.25, 0.3) is 0 Å². The van der Waals surface area contributed by atoms with Crippen molar-refractivity contribution in [1.82, 2.24) is 9.80 Å². The zero-order valence-electron chi connectivity index (χ0n) is 13.9. The lowest BCUT2D eigenvalue weighted by atomic mass is 9.80. The molecule has 0 radical (unpaired) electrons. The van der Waals surface area contributed by atoms with Gasteiger partial charge in [-0.05, 0) is 59.0 Å². The molecule has 0 aromatic rings. The van der Waals surface area contributed by atoms with Gasteiger partial charge in [-0.2, -0.15) is 0 Å². The van der Waals surface area contributed by atoms with E-state index in [-0.39, 0.29) is 11.1 Å². The number of piperidine rings is 1. The van der Waals surface area contributed by atoms with Gasteiger partial charge >= 0.3 is 0 Å². The minimum absolute atomic E-state index is 0.0270. The molecule has 0 bridgehead atoms. The maximum atomic E-state index is 6.25. The van der Waals surface area contributed by atoms with Crippen molar-refractivity contribution in [3.8, 4) is 0 Å². The van der Waals surface area contributed by atoms with Crippen molar-refractivity contribution in [2.75, 3.05) is 39.3 Å². The minimum Gasteiger partial charge on any atom is -0.375 e. The molecular weight excluding hydrogens is 262 g/mol. The fourth-order valence-corrected chi connectivity index (χ4v) is 4.78. The van der Waals surface area contributed by atoms with Crippen LogP contribution in [0.2, 0.25) is 0 Å². The number of nitrogens with two attached hydrogens (primary N) is 1. The van der Waals surface area contributed by atoms with Crippen LogP contribution in [0.5, 0.6) is 0 Å². The van der Waals surface area contributed by atoms with E-state index in [1.54, 1.807) is 0 Å². The Morgan fingerprint density at radius 2 is 1.90 bits per heavy atom. The molecule has 3 rings (SSSR count). The van der Waals surface area contributed by atoms with E-state index >= 15 is 0 Å². The van der Waals surface area contributed by atoms with Crippen molar-refractivity contribution >= 4 is 0 Å². The quantitative estimate of drug-likeness (QED) is 0.862. The Balaban J connectivity index is 1.65. The summed E-state index contributed by atoms with van der Waals surface area (Å²) in [4.78, 5) is 5.44. The summed E-state index contributed by atoms with van der Waals surface area (Å²) in [7, 11) is 0. The number of hydrogen-bond acceptors (Lipinski definition) is 4. The van der Waals surface area contributed by atoms with Gasteiger partial charge in [0.05, 0.1) is 5.60 Å². The van der Waals surface area contributed by atoms with E-state index in [1.165, 1.54) is 51.9 Å². The summed E-state index contributed by atoms with van der Waals surface area (Å²) in [6.45, 7) is 11.1. The van der Waals surface area contributed by atoms with Gasteiger partial charge in [-0.15, -0.1) is 0 Å². The minimum atomic E-state index is -0.0270. The summed E-state index contributed by atoms with van der Waals surface area (Å²) in [5.41, 5.74) is 6.40. The van der Waals surface area contributed by atoms with Gasteiger partial charge in [-0.1, -0.05) is 6.42 Å². The summed E-state index contributed by atoms with van der Waals surface area (Å²) < 4.78 is 5.93. The molecule has 3 aliphatic heterocycles. The summed E-state index contributed by atoms with van der Waals surface area (Å²) in [5, 5.41) is 0. The first-order valence-corrected chi connectivity index (χ1v) is 8.88. The van der Waals surface area contributed by atoms with E-state index in [0.29, 0.717) is 0 Å². The van der Waals surface area contributed by atoms with Gasteiger partial charge in [-0.3, -0.25) is 9.80 Å². The second kappa shape index (κ2) is 6.15. The van der Waals surface area contributed by atoms with Crippen LogP contribution in [-0.4, -0.2) is 66.3 Å². The van der Waals surface area contributed by atoms with Crippen LogP contribution in [0.4, 0.5) is 0 Å². The Bertz CT molecular complexity index is 354. The van der Waals surface area contributed by atoms with Crippen molar-refractivity contribution < 1.29 is 4.74 Å². The van der Waals surface area contributed by atoms with Gasteiger partial charge in [0, 0.05) is 37.8 Å². The summed E-state index contributed by atoms with van der Waals surface area (Å²) >= 11 is 0. The van der Waals surface area contributed by atoms with Crippen molar-refractivity contribution in [2.45, 2.75) is 69.6 Å². The highest BCUT2D eigenvalue weighted by atomic mass is 16.5. The van der Waals surface area contributed by atoms with Gasteiger partial charge in [0.25, 0.3) is 0 Å². The molecule has 0 saturated carbocycles. The molecule has 3 aliphatic rings. The summed E-state index contributed by atoms with van der Waals surface area (Å²) in [6, 6.07) is 0.764. The largest absolute Gasteiger partial charge is 0.375 e. The van der Waals surface area contributed by atoms with E-state index in [9.17, 15) is 0 Å². The van der Waals surface area contributed by atoms with E-state index < -0.39 is 0 Å². The SMILES string of the molecule is CC1(C)CC(CN)(N2CCC(N3CCCCC3)C2)CCO1. The molecule has 122 valence electrons. The molecule has 0 aliphatic carbocycles. The van der Waals surface area contributed by atoms with E-state index in [1.807, 2.05) is 0 Å². The van der Waals surface area contributed by atoms with Gasteiger partial charge in [0.15, 0.2) is 0 Å². The van der Waals surface area contributed by atoms with E-state index in [4.69, 9.17) is 10.5 Å². The highest BCUT2D eigenvalue weighted by Crippen LogP contribution is 2.38. The summed E-state index contributed by atoms with van der Waals surface area (Å²) in [6.07, 6.45) is 7.69. The molecule has 2 N–H and O–H groups in total. The molecule has 21 heavy (non-hydrogen) atoms. The Labute approximate surface area is 130 Å². The van der Waals surface area contributed by atoms with Gasteiger partial charge in [0.1, 0.15) is 0 Å². The number of likely N-dealkylation sites (tertiary alicyclic amines) is 2. The molecule has 3 fully saturated rings. The van der Waals surface area contributed by atoms with Gasteiger partial charge in [0.2, 0.25) is 0 Å². The third kappa shape index (κ3) is 3.29. The van der Waals surface area contributed by atoms with E-state index in [0.717, 1.165) is 32.0 Å². The maximum Gasteiger partial charge on any atom is 0.0644 e. The molecule has 0 aromatic heterocycles. The number of hydrogen-bond donors (Lipinski definition) is 1. The van der Waals surface area contributed by atoms with Crippen LogP contribution in [0.3, 0.4) is 0 Å². The Morgan fingerprint density at radius 3 is 2.57 bits per heavy atom. The zero-order valence-corrected chi connectivity index (χ0v) is 13.9. The second-order valence-corrected chi connectivity index (χ2v) is 7.95. The fourth-order valence-electron chi connectivity index (χ4n) is 4.78. The van der Waals surface area contributed by atoms with Crippen LogP contribution < -0.4 is 5.73 Å². The fraction of sp³-hybridized carbons (Fsp3) is 1.00. The summed E-state index contributed by atoms with van der Waals surface area (Å²) in [5.74, 6) is 0. The molecule has 2 atom stereocenters.